The molecule has 4 rings (SSSR count). The molecule has 8 heteroatoms. The second kappa shape index (κ2) is 7.56. The van der Waals surface area contributed by atoms with Crippen LogP contribution in [0, 0.1) is 11.3 Å². The van der Waals surface area contributed by atoms with Crippen molar-refractivity contribution in [3.8, 4) is 6.07 Å². The number of rotatable bonds is 3. The van der Waals surface area contributed by atoms with E-state index in [0.29, 0.717) is 50.4 Å². The lowest BCUT2D eigenvalue weighted by molar-refractivity contribution is 0.0746. The maximum atomic E-state index is 12.9. The topological polar surface area (TPSA) is 92.6 Å². The molecule has 2 aliphatic heterocycles. The minimum Gasteiger partial charge on any atom is -0.353 e. The average Bonchev–Trinajstić information content (AvgIpc) is 3.19. The predicted molar refractivity (Wildman–Crippen MR) is 104 cm³/mol. The fourth-order valence-corrected chi connectivity index (χ4v) is 3.51. The van der Waals surface area contributed by atoms with Crippen molar-refractivity contribution in [2.75, 3.05) is 49.1 Å². The number of hydrogen-bond acceptors (Lipinski definition) is 5. The maximum absolute atomic E-state index is 12.9. The summed E-state index contributed by atoms with van der Waals surface area (Å²) in [4.78, 5) is 34.6. The molecule has 2 aromatic rings. The molecule has 3 heterocycles. The SMILES string of the molecule is N#Cc1ccnc(N2CCN(C(=O)c3cccc(N4CCNC4=O)c3)CC2)c1. The van der Waals surface area contributed by atoms with Gasteiger partial charge in [-0.15, -0.1) is 0 Å². The monoisotopic (exact) mass is 376 g/mol. The molecule has 28 heavy (non-hydrogen) atoms. The molecule has 2 fully saturated rings. The zero-order chi connectivity index (χ0) is 19.5. The number of carbonyl (C=O) groups excluding carboxylic acids is 2. The van der Waals surface area contributed by atoms with Crippen LogP contribution in [0.4, 0.5) is 16.3 Å². The summed E-state index contributed by atoms with van der Waals surface area (Å²) in [6, 6.07) is 12.6. The van der Waals surface area contributed by atoms with Gasteiger partial charge >= 0.3 is 6.03 Å². The Balaban J connectivity index is 1.43. The number of aromatic nitrogens is 1. The molecule has 1 aromatic heterocycles. The van der Waals surface area contributed by atoms with Crippen LogP contribution in [0.25, 0.3) is 0 Å². The number of nitrogens with one attached hydrogen (secondary N) is 1. The van der Waals surface area contributed by atoms with Crippen LogP contribution in [0.3, 0.4) is 0 Å². The lowest BCUT2D eigenvalue weighted by atomic mass is 10.1. The van der Waals surface area contributed by atoms with E-state index in [2.05, 4.69) is 21.3 Å². The first-order valence-corrected chi connectivity index (χ1v) is 9.21. The Hall–Kier alpha value is -3.60. The Morgan fingerprint density at radius 3 is 2.64 bits per heavy atom. The van der Waals surface area contributed by atoms with Gasteiger partial charge in [-0.25, -0.2) is 9.78 Å². The third-order valence-corrected chi connectivity index (χ3v) is 5.03. The highest BCUT2D eigenvalue weighted by molar-refractivity contribution is 5.98. The van der Waals surface area contributed by atoms with Gasteiger partial charge in [-0.3, -0.25) is 9.69 Å². The molecule has 3 amide bonds. The first kappa shape index (κ1) is 17.8. The first-order valence-electron chi connectivity index (χ1n) is 9.21. The summed E-state index contributed by atoms with van der Waals surface area (Å²) in [5, 5.41) is 11.8. The zero-order valence-corrected chi connectivity index (χ0v) is 15.3. The highest BCUT2D eigenvalue weighted by Gasteiger charge is 2.25. The standard InChI is InChI=1S/C20H20N6O2/c21-14-15-4-5-22-18(12-15)24-8-10-25(11-9-24)19(27)16-2-1-3-17(13-16)26-7-6-23-20(26)28/h1-5,12-13H,6-11H2,(H,23,28). The lowest BCUT2D eigenvalue weighted by Gasteiger charge is -2.35. The number of piperazine rings is 1. The van der Waals surface area contributed by atoms with Crippen molar-refractivity contribution in [3.05, 3.63) is 53.7 Å². The molecule has 0 saturated carbocycles. The fourth-order valence-electron chi connectivity index (χ4n) is 3.51. The largest absolute Gasteiger partial charge is 0.353 e. The van der Waals surface area contributed by atoms with Crippen LogP contribution in [-0.4, -0.2) is 61.1 Å². The van der Waals surface area contributed by atoms with Crippen LogP contribution in [0.1, 0.15) is 15.9 Å². The summed E-state index contributed by atoms with van der Waals surface area (Å²) in [5.41, 5.74) is 1.89. The number of nitriles is 1. The van der Waals surface area contributed by atoms with Gasteiger partial charge in [-0.1, -0.05) is 6.07 Å². The highest BCUT2D eigenvalue weighted by atomic mass is 16.2. The molecule has 0 radical (unpaired) electrons. The maximum Gasteiger partial charge on any atom is 0.321 e. The van der Waals surface area contributed by atoms with Crippen LogP contribution in [0.2, 0.25) is 0 Å². The summed E-state index contributed by atoms with van der Waals surface area (Å²) < 4.78 is 0. The van der Waals surface area contributed by atoms with Crippen molar-refractivity contribution >= 4 is 23.4 Å². The highest BCUT2D eigenvalue weighted by Crippen LogP contribution is 2.21. The van der Waals surface area contributed by atoms with Crippen LogP contribution >= 0.6 is 0 Å². The molecule has 8 nitrogen and oxygen atoms in total. The molecule has 0 spiro atoms. The van der Waals surface area contributed by atoms with E-state index >= 15 is 0 Å². The normalized spacial score (nSPS) is 16.7. The summed E-state index contributed by atoms with van der Waals surface area (Å²) >= 11 is 0. The van der Waals surface area contributed by atoms with Crippen molar-refractivity contribution in [2.24, 2.45) is 0 Å². The number of hydrogen-bond donors (Lipinski definition) is 1. The fraction of sp³-hybridized carbons (Fsp3) is 0.300. The van der Waals surface area contributed by atoms with E-state index < -0.39 is 0 Å². The Morgan fingerprint density at radius 2 is 1.93 bits per heavy atom. The molecule has 0 atom stereocenters. The third kappa shape index (κ3) is 3.47. The average molecular weight is 376 g/mol. The molecule has 1 aromatic carbocycles. The summed E-state index contributed by atoms with van der Waals surface area (Å²) in [7, 11) is 0. The number of pyridine rings is 1. The van der Waals surface area contributed by atoms with Gasteiger partial charge in [-0.2, -0.15) is 5.26 Å². The molecule has 2 aliphatic rings. The van der Waals surface area contributed by atoms with Crippen LogP contribution in [0.15, 0.2) is 42.6 Å². The Labute approximate surface area is 163 Å². The quantitative estimate of drug-likeness (QED) is 0.875. The van der Waals surface area contributed by atoms with Gasteiger partial charge in [0.25, 0.3) is 5.91 Å². The predicted octanol–water partition coefficient (Wildman–Crippen LogP) is 1.45. The van der Waals surface area contributed by atoms with Crippen molar-refractivity contribution in [1.29, 1.82) is 5.26 Å². The minimum atomic E-state index is -0.134. The summed E-state index contributed by atoms with van der Waals surface area (Å²) in [6.07, 6.45) is 1.63. The van der Waals surface area contributed by atoms with Gasteiger partial charge in [-0.05, 0) is 30.3 Å². The second-order valence-corrected chi connectivity index (χ2v) is 6.73. The smallest absolute Gasteiger partial charge is 0.321 e. The summed E-state index contributed by atoms with van der Waals surface area (Å²) in [6.45, 7) is 3.67. The van der Waals surface area contributed by atoms with Crippen molar-refractivity contribution in [1.82, 2.24) is 15.2 Å². The molecule has 0 bridgehead atoms. The van der Waals surface area contributed by atoms with Crippen molar-refractivity contribution in [2.45, 2.75) is 0 Å². The number of anilines is 2. The Bertz CT molecular complexity index is 946. The van der Waals surface area contributed by atoms with E-state index in [-0.39, 0.29) is 11.9 Å². The van der Waals surface area contributed by atoms with E-state index in [1.807, 2.05) is 17.0 Å². The van der Waals surface area contributed by atoms with Crippen molar-refractivity contribution in [3.63, 3.8) is 0 Å². The van der Waals surface area contributed by atoms with Crippen LogP contribution in [0.5, 0.6) is 0 Å². The molecule has 1 N–H and O–H groups in total. The summed E-state index contributed by atoms with van der Waals surface area (Å²) in [5.74, 6) is 0.716. The number of urea groups is 1. The Kier molecular flexibility index (Phi) is 4.81. The third-order valence-electron chi connectivity index (χ3n) is 5.03. The van der Waals surface area contributed by atoms with Gasteiger partial charge in [0.2, 0.25) is 0 Å². The molecular weight excluding hydrogens is 356 g/mol. The van der Waals surface area contributed by atoms with Crippen LogP contribution < -0.4 is 15.1 Å². The molecule has 142 valence electrons. The van der Waals surface area contributed by atoms with E-state index in [9.17, 15) is 9.59 Å². The number of nitrogens with zero attached hydrogens (tertiary/aromatic N) is 5. The molecule has 0 unspecified atom stereocenters. The lowest BCUT2D eigenvalue weighted by Crippen LogP contribution is -2.49. The minimum absolute atomic E-state index is 0.0418. The van der Waals surface area contributed by atoms with Gasteiger partial charge < -0.3 is 15.1 Å². The van der Waals surface area contributed by atoms with E-state index in [1.54, 1.807) is 35.4 Å². The second-order valence-electron chi connectivity index (χ2n) is 6.73. The van der Waals surface area contributed by atoms with Gasteiger partial charge in [0.1, 0.15) is 5.82 Å². The van der Waals surface area contributed by atoms with Gasteiger partial charge in [0, 0.05) is 56.7 Å². The van der Waals surface area contributed by atoms with E-state index in [0.717, 1.165) is 11.5 Å². The molecule has 2 saturated heterocycles. The van der Waals surface area contributed by atoms with Crippen molar-refractivity contribution < 1.29 is 9.59 Å². The number of amides is 3. The molecule has 0 aliphatic carbocycles. The van der Waals surface area contributed by atoms with E-state index in [1.165, 1.54) is 0 Å². The van der Waals surface area contributed by atoms with Gasteiger partial charge in [0.15, 0.2) is 0 Å². The van der Waals surface area contributed by atoms with Crippen LogP contribution in [-0.2, 0) is 0 Å². The molecular formula is C20H20N6O2. The Morgan fingerprint density at radius 1 is 1.11 bits per heavy atom. The first-order chi connectivity index (χ1) is 13.7. The number of benzene rings is 1. The zero-order valence-electron chi connectivity index (χ0n) is 15.3. The van der Waals surface area contributed by atoms with Gasteiger partial charge in [0.05, 0.1) is 11.6 Å². The number of carbonyl (C=O) groups is 2. The van der Waals surface area contributed by atoms with E-state index in [4.69, 9.17) is 5.26 Å².